The maximum absolute atomic E-state index is 2.31. The van der Waals surface area contributed by atoms with Gasteiger partial charge in [-0.2, -0.15) is 0 Å². The second kappa shape index (κ2) is 13.4. The first-order valence-corrected chi connectivity index (χ1v) is 17.6. The molecule has 7 aromatic carbocycles. The highest BCUT2D eigenvalue weighted by molar-refractivity contribution is 7.80. The summed E-state index contributed by atoms with van der Waals surface area (Å²) in [6, 6.07) is 70.8. The zero-order chi connectivity index (χ0) is 29.6. The van der Waals surface area contributed by atoms with Crippen LogP contribution in [0.3, 0.4) is 0 Å². The molecule has 0 radical (unpaired) electrons. The second-order valence-electron chi connectivity index (χ2n) is 10.7. The van der Waals surface area contributed by atoms with Gasteiger partial charge in [-0.25, -0.2) is 0 Å². The lowest BCUT2D eigenvalue weighted by atomic mass is 10.0. The third-order valence-corrected chi connectivity index (χ3v) is 12.7. The average Bonchev–Trinajstić information content (AvgIpc) is 3.11. The first kappa shape index (κ1) is 28.2. The van der Waals surface area contributed by atoms with Crippen molar-refractivity contribution in [1.82, 2.24) is 0 Å². The number of hydrogen-bond acceptors (Lipinski definition) is 0. The monoisotopic (exact) mass is 598 g/mol. The number of hydrogen-bond donors (Lipinski definition) is 0. The maximum atomic E-state index is 2.31. The first-order chi connectivity index (χ1) is 21.8. The van der Waals surface area contributed by atoms with E-state index in [1.54, 1.807) is 0 Å². The predicted octanol–water partition coefficient (Wildman–Crippen LogP) is 8.54. The minimum atomic E-state index is -0.599. The van der Waals surface area contributed by atoms with Crippen LogP contribution in [0.1, 0.15) is 0 Å². The van der Waals surface area contributed by atoms with Crippen LogP contribution in [-0.2, 0) is 0 Å². The molecule has 0 unspecified atom stereocenters. The highest BCUT2D eigenvalue weighted by Crippen LogP contribution is 2.35. The molecule has 0 amide bonds. The van der Waals surface area contributed by atoms with E-state index in [9.17, 15) is 0 Å². The quantitative estimate of drug-likeness (QED) is 0.154. The lowest BCUT2D eigenvalue weighted by Crippen LogP contribution is -2.20. The SMILES string of the molecule is c1ccc(P(c2ccccc2)c2ccc(-c3ccc(-c4ccc(P(c5ccccc5)c5ccccc5)cc4)cc3)cc2)cc1. The lowest BCUT2D eigenvalue weighted by molar-refractivity contribution is 1.60. The van der Waals surface area contributed by atoms with Crippen LogP contribution in [0, 0.1) is 0 Å². The lowest BCUT2D eigenvalue weighted by Gasteiger charge is -2.20. The summed E-state index contributed by atoms with van der Waals surface area (Å²) >= 11 is 0. The molecule has 0 fully saturated rings. The predicted molar refractivity (Wildman–Crippen MR) is 195 cm³/mol. The van der Waals surface area contributed by atoms with Gasteiger partial charge in [-0.05, 0) is 69.9 Å². The summed E-state index contributed by atoms with van der Waals surface area (Å²) in [7, 11) is -1.20. The largest absolute Gasteiger partial charge is 0.0622 e. The van der Waals surface area contributed by atoms with E-state index in [1.165, 1.54) is 54.1 Å². The Morgan fingerprint density at radius 1 is 0.182 bits per heavy atom. The molecular weight excluding hydrogens is 566 g/mol. The summed E-state index contributed by atoms with van der Waals surface area (Å²) in [5.41, 5.74) is 4.95. The van der Waals surface area contributed by atoms with E-state index < -0.39 is 15.8 Å². The van der Waals surface area contributed by atoms with Gasteiger partial charge in [-0.3, -0.25) is 0 Å². The Balaban J connectivity index is 1.12. The smallest absolute Gasteiger partial charge is 0.0134 e. The van der Waals surface area contributed by atoms with E-state index in [0.717, 1.165) is 0 Å². The molecule has 0 spiro atoms. The minimum absolute atomic E-state index is 0.599. The third-order valence-electron chi connectivity index (χ3n) is 7.86. The van der Waals surface area contributed by atoms with Gasteiger partial charge in [0, 0.05) is 0 Å². The molecule has 7 rings (SSSR count). The van der Waals surface area contributed by atoms with Crippen molar-refractivity contribution < 1.29 is 0 Å². The van der Waals surface area contributed by atoms with Gasteiger partial charge in [0.1, 0.15) is 0 Å². The molecule has 0 saturated heterocycles. The number of rotatable bonds is 8. The van der Waals surface area contributed by atoms with Crippen molar-refractivity contribution in [3.63, 3.8) is 0 Å². The molecule has 0 aliphatic carbocycles. The summed E-state index contributed by atoms with van der Waals surface area (Å²) in [5.74, 6) is 0. The third kappa shape index (κ3) is 6.20. The van der Waals surface area contributed by atoms with Crippen LogP contribution in [-0.4, -0.2) is 0 Å². The zero-order valence-corrected chi connectivity index (χ0v) is 26.2. The van der Waals surface area contributed by atoms with Gasteiger partial charge < -0.3 is 0 Å². The summed E-state index contributed by atoms with van der Waals surface area (Å²) in [6.45, 7) is 0. The Morgan fingerprint density at radius 2 is 0.364 bits per heavy atom. The van der Waals surface area contributed by atoms with Gasteiger partial charge in [-0.1, -0.05) is 194 Å². The van der Waals surface area contributed by atoms with Crippen molar-refractivity contribution in [2.24, 2.45) is 0 Å². The molecule has 0 nitrogen and oxygen atoms in total. The molecule has 0 bridgehead atoms. The van der Waals surface area contributed by atoms with E-state index in [0.29, 0.717) is 0 Å². The van der Waals surface area contributed by atoms with Gasteiger partial charge in [-0.15, -0.1) is 0 Å². The minimum Gasteiger partial charge on any atom is -0.0622 e. The Morgan fingerprint density at radius 3 is 0.591 bits per heavy atom. The molecule has 0 heterocycles. The van der Waals surface area contributed by atoms with Crippen LogP contribution in [0.5, 0.6) is 0 Å². The van der Waals surface area contributed by atoms with Crippen molar-refractivity contribution >= 4 is 47.7 Å². The van der Waals surface area contributed by atoms with E-state index in [1.807, 2.05) is 0 Å². The van der Waals surface area contributed by atoms with Crippen molar-refractivity contribution in [2.45, 2.75) is 0 Å². The highest BCUT2D eigenvalue weighted by atomic mass is 31.1. The van der Waals surface area contributed by atoms with Crippen LogP contribution in [0.25, 0.3) is 22.3 Å². The van der Waals surface area contributed by atoms with E-state index in [-0.39, 0.29) is 0 Å². The summed E-state index contributed by atoms with van der Waals surface area (Å²) in [4.78, 5) is 0. The molecule has 0 N–H and O–H groups in total. The molecule has 0 saturated carbocycles. The van der Waals surface area contributed by atoms with Crippen molar-refractivity contribution in [2.75, 3.05) is 0 Å². The highest BCUT2D eigenvalue weighted by Gasteiger charge is 2.17. The zero-order valence-electron chi connectivity index (χ0n) is 24.4. The fraction of sp³-hybridized carbons (Fsp3) is 0. The first-order valence-electron chi connectivity index (χ1n) is 14.9. The van der Waals surface area contributed by atoms with Crippen LogP contribution in [0.15, 0.2) is 194 Å². The average molecular weight is 599 g/mol. The van der Waals surface area contributed by atoms with Gasteiger partial charge in [0.15, 0.2) is 0 Å². The fourth-order valence-electron chi connectivity index (χ4n) is 5.66. The molecule has 7 aromatic rings. The van der Waals surface area contributed by atoms with Gasteiger partial charge in [0.2, 0.25) is 0 Å². The second-order valence-corrected chi connectivity index (χ2v) is 15.1. The van der Waals surface area contributed by atoms with E-state index in [4.69, 9.17) is 0 Å². The Bertz CT molecular complexity index is 1680. The molecular formula is C42H32P2. The summed E-state index contributed by atoms with van der Waals surface area (Å²) in [5, 5.41) is 8.22. The number of benzene rings is 7. The van der Waals surface area contributed by atoms with Crippen molar-refractivity contribution in [1.29, 1.82) is 0 Å². The standard InChI is InChI=1S/C42H32P2/c1-5-13-37(14-6-1)43(38-15-7-2-8-16-38)41-29-25-35(26-30-41)33-21-23-34(24-22-33)36-27-31-42(32-28-36)44(39-17-9-3-10-18-39)40-19-11-4-12-20-40/h1-32H. The van der Waals surface area contributed by atoms with Crippen LogP contribution < -0.4 is 31.8 Å². The normalized spacial score (nSPS) is 11.1. The Kier molecular flexibility index (Phi) is 8.56. The molecule has 210 valence electrons. The maximum Gasteiger partial charge on any atom is -0.0134 e. The Labute approximate surface area is 263 Å². The van der Waals surface area contributed by atoms with Crippen LogP contribution >= 0.6 is 15.8 Å². The van der Waals surface area contributed by atoms with E-state index >= 15 is 0 Å². The van der Waals surface area contributed by atoms with Gasteiger partial charge >= 0.3 is 0 Å². The molecule has 0 atom stereocenters. The molecule has 0 aliphatic rings. The topological polar surface area (TPSA) is 0 Å². The fourth-order valence-corrected chi connectivity index (χ4v) is 10.2. The van der Waals surface area contributed by atoms with Crippen molar-refractivity contribution in [3.8, 4) is 22.3 Å². The van der Waals surface area contributed by atoms with Crippen LogP contribution in [0.2, 0.25) is 0 Å². The Hall–Kier alpha value is -4.60. The molecule has 44 heavy (non-hydrogen) atoms. The summed E-state index contributed by atoms with van der Waals surface area (Å²) in [6.07, 6.45) is 0. The van der Waals surface area contributed by atoms with Gasteiger partial charge in [0.05, 0.1) is 0 Å². The van der Waals surface area contributed by atoms with Gasteiger partial charge in [0.25, 0.3) is 0 Å². The van der Waals surface area contributed by atoms with Crippen LogP contribution in [0.4, 0.5) is 0 Å². The van der Waals surface area contributed by atoms with Crippen molar-refractivity contribution in [3.05, 3.63) is 194 Å². The molecule has 2 heteroatoms. The molecule has 0 aliphatic heterocycles. The van der Waals surface area contributed by atoms with E-state index in [2.05, 4.69) is 194 Å². The molecule has 0 aromatic heterocycles. The summed E-state index contributed by atoms with van der Waals surface area (Å²) < 4.78 is 0.